The standard InChI is InChI=1S/C21H23IN4O2S/c1-14(2)17-11-15(22)9-10-18(17)23-20(27)13-29-21-25-24-19(26(21)3)12-28-16-7-5-4-6-8-16/h4-11,14H,12-13H2,1-3H3,(H,23,27). The first-order chi connectivity index (χ1) is 13.9. The average Bonchev–Trinajstić information content (AvgIpc) is 3.06. The molecule has 3 rings (SSSR count). The molecule has 1 N–H and O–H groups in total. The Morgan fingerprint density at radius 1 is 1.21 bits per heavy atom. The number of rotatable bonds is 8. The number of carbonyl (C=O) groups is 1. The van der Waals surface area contributed by atoms with Crippen LogP contribution in [-0.2, 0) is 18.4 Å². The molecule has 152 valence electrons. The van der Waals surface area contributed by atoms with Crippen LogP contribution in [-0.4, -0.2) is 26.4 Å². The summed E-state index contributed by atoms with van der Waals surface area (Å²) in [5, 5.41) is 12.0. The van der Waals surface area contributed by atoms with Crippen LogP contribution >= 0.6 is 34.4 Å². The van der Waals surface area contributed by atoms with Gasteiger partial charge in [0.25, 0.3) is 0 Å². The Morgan fingerprint density at radius 3 is 2.69 bits per heavy atom. The van der Waals surface area contributed by atoms with E-state index in [9.17, 15) is 4.79 Å². The highest BCUT2D eigenvalue weighted by Gasteiger charge is 2.14. The first-order valence-corrected chi connectivity index (χ1v) is 11.3. The van der Waals surface area contributed by atoms with Gasteiger partial charge < -0.3 is 14.6 Å². The molecule has 0 aliphatic rings. The number of para-hydroxylation sites is 1. The van der Waals surface area contributed by atoms with Gasteiger partial charge in [0.1, 0.15) is 12.4 Å². The van der Waals surface area contributed by atoms with E-state index in [0.29, 0.717) is 23.5 Å². The topological polar surface area (TPSA) is 69.0 Å². The number of anilines is 1. The molecule has 29 heavy (non-hydrogen) atoms. The first kappa shape index (κ1) is 21.6. The Morgan fingerprint density at radius 2 is 1.97 bits per heavy atom. The predicted octanol–water partition coefficient (Wildman–Crippen LogP) is 4.85. The molecule has 2 aromatic carbocycles. The van der Waals surface area contributed by atoms with Gasteiger partial charge in [0, 0.05) is 16.3 Å². The third kappa shape index (κ3) is 5.96. The zero-order valence-electron chi connectivity index (χ0n) is 16.6. The third-order valence-corrected chi connectivity index (χ3v) is 5.97. The maximum Gasteiger partial charge on any atom is 0.234 e. The van der Waals surface area contributed by atoms with E-state index >= 15 is 0 Å². The van der Waals surface area contributed by atoms with E-state index in [-0.39, 0.29) is 11.7 Å². The first-order valence-electron chi connectivity index (χ1n) is 9.22. The molecule has 8 heteroatoms. The maximum atomic E-state index is 12.5. The van der Waals surface area contributed by atoms with Crippen molar-refractivity contribution in [2.75, 3.05) is 11.1 Å². The zero-order chi connectivity index (χ0) is 20.8. The van der Waals surface area contributed by atoms with Gasteiger partial charge in [0.15, 0.2) is 11.0 Å². The molecule has 0 unspecified atom stereocenters. The fourth-order valence-electron chi connectivity index (χ4n) is 2.70. The minimum Gasteiger partial charge on any atom is -0.486 e. The second kappa shape index (κ2) is 10.1. The Bertz CT molecular complexity index is 976. The lowest BCUT2D eigenvalue weighted by atomic mass is 10.0. The second-order valence-electron chi connectivity index (χ2n) is 6.78. The number of benzene rings is 2. The Labute approximate surface area is 188 Å². The van der Waals surface area contributed by atoms with Crippen LogP contribution in [0.4, 0.5) is 5.69 Å². The summed E-state index contributed by atoms with van der Waals surface area (Å²) in [6.07, 6.45) is 0. The number of aromatic nitrogens is 3. The number of carbonyl (C=O) groups excluding carboxylic acids is 1. The Balaban J connectivity index is 1.56. The second-order valence-corrected chi connectivity index (χ2v) is 8.97. The van der Waals surface area contributed by atoms with Crippen molar-refractivity contribution in [3.05, 3.63) is 63.5 Å². The monoisotopic (exact) mass is 522 g/mol. The van der Waals surface area contributed by atoms with E-state index in [4.69, 9.17) is 4.74 Å². The van der Waals surface area contributed by atoms with Gasteiger partial charge >= 0.3 is 0 Å². The van der Waals surface area contributed by atoms with Gasteiger partial charge in [-0.05, 0) is 64.4 Å². The molecule has 3 aromatic rings. The third-order valence-electron chi connectivity index (χ3n) is 4.28. The number of thioether (sulfide) groups is 1. The molecule has 1 heterocycles. The molecule has 0 atom stereocenters. The van der Waals surface area contributed by atoms with Crippen molar-refractivity contribution < 1.29 is 9.53 Å². The van der Waals surface area contributed by atoms with Crippen LogP contribution in [0.5, 0.6) is 5.75 Å². The number of ether oxygens (including phenoxy) is 1. The molecular formula is C21H23IN4O2S. The van der Waals surface area contributed by atoms with Crippen LogP contribution in [0.2, 0.25) is 0 Å². The van der Waals surface area contributed by atoms with E-state index < -0.39 is 0 Å². The summed E-state index contributed by atoms with van der Waals surface area (Å²) in [7, 11) is 1.87. The molecule has 0 bridgehead atoms. The zero-order valence-corrected chi connectivity index (χ0v) is 19.5. The van der Waals surface area contributed by atoms with E-state index in [2.05, 4.69) is 58.0 Å². The van der Waals surface area contributed by atoms with Gasteiger partial charge in [-0.2, -0.15) is 0 Å². The Kier molecular flexibility index (Phi) is 7.54. The van der Waals surface area contributed by atoms with E-state index in [1.54, 1.807) is 0 Å². The summed E-state index contributed by atoms with van der Waals surface area (Å²) in [4.78, 5) is 12.5. The van der Waals surface area contributed by atoms with Crippen LogP contribution in [0.15, 0.2) is 53.7 Å². The van der Waals surface area contributed by atoms with Crippen molar-refractivity contribution in [2.45, 2.75) is 31.5 Å². The van der Waals surface area contributed by atoms with Gasteiger partial charge in [-0.25, -0.2) is 0 Å². The average molecular weight is 522 g/mol. The van der Waals surface area contributed by atoms with Crippen LogP contribution in [0.3, 0.4) is 0 Å². The summed E-state index contributed by atoms with van der Waals surface area (Å²) in [6.45, 7) is 4.56. The number of hydrogen-bond acceptors (Lipinski definition) is 5. The highest BCUT2D eigenvalue weighted by molar-refractivity contribution is 14.1. The molecule has 6 nitrogen and oxygen atoms in total. The van der Waals surface area contributed by atoms with Crippen LogP contribution in [0, 0.1) is 3.57 Å². The molecule has 1 aromatic heterocycles. The summed E-state index contributed by atoms with van der Waals surface area (Å²) in [5.41, 5.74) is 2.00. The smallest absolute Gasteiger partial charge is 0.234 e. The molecule has 0 radical (unpaired) electrons. The predicted molar refractivity (Wildman–Crippen MR) is 124 cm³/mol. The Hall–Kier alpha value is -2.07. The van der Waals surface area contributed by atoms with Crippen molar-refractivity contribution in [2.24, 2.45) is 7.05 Å². The highest BCUT2D eigenvalue weighted by atomic mass is 127. The lowest BCUT2D eigenvalue weighted by molar-refractivity contribution is -0.113. The van der Waals surface area contributed by atoms with Crippen molar-refractivity contribution in [3.63, 3.8) is 0 Å². The van der Waals surface area contributed by atoms with Crippen molar-refractivity contribution in [1.82, 2.24) is 14.8 Å². The molecule has 0 saturated carbocycles. The quantitative estimate of drug-likeness (QED) is 0.338. The summed E-state index contributed by atoms with van der Waals surface area (Å²) < 4.78 is 8.73. The number of amides is 1. The minimum atomic E-state index is -0.0665. The van der Waals surface area contributed by atoms with Gasteiger partial charge in [0.05, 0.1) is 5.75 Å². The fraction of sp³-hybridized carbons (Fsp3) is 0.286. The largest absolute Gasteiger partial charge is 0.486 e. The molecular weight excluding hydrogens is 499 g/mol. The van der Waals surface area contributed by atoms with Crippen LogP contribution in [0.25, 0.3) is 0 Å². The van der Waals surface area contributed by atoms with Crippen LogP contribution in [0.1, 0.15) is 31.2 Å². The van der Waals surface area contributed by atoms with Crippen molar-refractivity contribution in [1.29, 1.82) is 0 Å². The molecule has 0 saturated heterocycles. The normalized spacial score (nSPS) is 10.9. The molecule has 0 aliphatic heterocycles. The lowest BCUT2D eigenvalue weighted by Gasteiger charge is -2.14. The molecule has 0 aliphatic carbocycles. The SMILES string of the molecule is CC(C)c1cc(I)ccc1NC(=O)CSc1nnc(COc2ccccc2)n1C. The van der Waals surface area contributed by atoms with Crippen LogP contribution < -0.4 is 10.1 Å². The van der Waals surface area contributed by atoms with E-state index in [1.807, 2.05) is 54.1 Å². The number of hydrogen-bond donors (Lipinski definition) is 1. The fourth-order valence-corrected chi connectivity index (χ4v) is 3.95. The van der Waals surface area contributed by atoms with Gasteiger partial charge in [-0.15, -0.1) is 10.2 Å². The van der Waals surface area contributed by atoms with Crippen molar-refractivity contribution in [3.8, 4) is 5.75 Å². The van der Waals surface area contributed by atoms with Gasteiger partial charge in [-0.3, -0.25) is 4.79 Å². The number of nitrogens with one attached hydrogen (secondary N) is 1. The summed E-state index contributed by atoms with van der Waals surface area (Å²) in [6, 6.07) is 15.6. The van der Waals surface area contributed by atoms with Gasteiger partial charge in [-0.1, -0.05) is 43.8 Å². The van der Waals surface area contributed by atoms with E-state index in [1.165, 1.54) is 11.8 Å². The summed E-state index contributed by atoms with van der Waals surface area (Å²) >= 11 is 3.64. The molecule has 1 amide bonds. The maximum absolute atomic E-state index is 12.5. The lowest BCUT2D eigenvalue weighted by Crippen LogP contribution is -2.16. The molecule has 0 spiro atoms. The van der Waals surface area contributed by atoms with E-state index in [0.717, 1.165) is 20.6 Å². The minimum absolute atomic E-state index is 0.0665. The van der Waals surface area contributed by atoms with Gasteiger partial charge in [0.2, 0.25) is 5.91 Å². The number of halogens is 1. The molecule has 0 fully saturated rings. The highest BCUT2D eigenvalue weighted by Crippen LogP contribution is 2.26. The van der Waals surface area contributed by atoms with Crippen molar-refractivity contribution >= 4 is 45.9 Å². The summed E-state index contributed by atoms with van der Waals surface area (Å²) in [5.74, 6) is 2.01. The number of nitrogens with zero attached hydrogens (tertiary/aromatic N) is 3.